The van der Waals surface area contributed by atoms with Gasteiger partial charge in [-0.1, -0.05) is 18.1 Å². The Hall–Kier alpha value is -3.10. The first-order valence-electron chi connectivity index (χ1n) is 7.44. The molecule has 0 aliphatic carbocycles. The lowest BCUT2D eigenvalue weighted by molar-refractivity contribution is -0.132. The molecule has 1 aromatic carbocycles. The highest BCUT2D eigenvalue weighted by Crippen LogP contribution is 2.34. The van der Waals surface area contributed by atoms with Gasteiger partial charge in [-0.3, -0.25) is 0 Å². The van der Waals surface area contributed by atoms with Crippen molar-refractivity contribution in [3.05, 3.63) is 35.5 Å². The lowest BCUT2D eigenvalue weighted by Gasteiger charge is -2.22. The molecule has 0 spiro atoms. The van der Waals surface area contributed by atoms with Crippen LogP contribution in [0.1, 0.15) is 24.9 Å². The van der Waals surface area contributed by atoms with Gasteiger partial charge in [0.05, 0.1) is 13.7 Å². The molecule has 126 valence electrons. The van der Waals surface area contributed by atoms with Gasteiger partial charge in [-0.05, 0) is 40.6 Å². The molecule has 24 heavy (non-hydrogen) atoms. The Balaban J connectivity index is 2.00. The molecule has 1 aromatic heterocycles. The molecule has 2 aromatic rings. The number of allylic oxidation sites excluding steroid dienone is 1. The highest BCUT2D eigenvalue weighted by atomic mass is 16.5. The number of ether oxygens (including phenoxy) is 2. The summed E-state index contributed by atoms with van der Waals surface area (Å²) in [6, 6.07) is 4.97. The van der Waals surface area contributed by atoms with Gasteiger partial charge in [-0.2, -0.15) is 4.68 Å². The average Bonchev–Trinajstić information content (AvgIpc) is 3.07. The number of rotatable bonds is 6. The van der Waals surface area contributed by atoms with Crippen LogP contribution in [0.2, 0.25) is 0 Å². The number of benzene rings is 1. The zero-order valence-electron chi connectivity index (χ0n) is 13.3. The van der Waals surface area contributed by atoms with Gasteiger partial charge >= 0.3 is 5.97 Å². The van der Waals surface area contributed by atoms with Crippen molar-refractivity contribution in [1.82, 2.24) is 20.2 Å². The second kappa shape index (κ2) is 6.57. The van der Waals surface area contributed by atoms with Crippen LogP contribution in [0.3, 0.4) is 0 Å². The van der Waals surface area contributed by atoms with E-state index in [1.165, 1.54) is 4.68 Å². The lowest BCUT2D eigenvalue weighted by atomic mass is 10.0. The van der Waals surface area contributed by atoms with Gasteiger partial charge < -0.3 is 19.9 Å². The summed E-state index contributed by atoms with van der Waals surface area (Å²) >= 11 is 0. The predicted molar refractivity (Wildman–Crippen MR) is 84.1 cm³/mol. The molecule has 0 saturated carbocycles. The van der Waals surface area contributed by atoms with Crippen LogP contribution < -0.4 is 14.8 Å². The molecule has 0 radical (unpaired) electrons. The summed E-state index contributed by atoms with van der Waals surface area (Å²) in [6.45, 7) is 2.61. The number of nitrogens with zero attached hydrogens (tertiary/aromatic N) is 4. The fraction of sp³-hybridized carbons (Fsp3) is 0.333. The molecule has 1 aliphatic heterocycles. The summed E-state index contributed by atoms with van der Waals surface area (Å²) in [5.41, 5.74) is 0.803. The molecule has 3 rings (SSSR count). The number of anilines is 1. The van der Waals surface area contributed by atoms with Crippen molar-refractivity contribution in [2.24, 2.45) is 0 Å². The van der Waals surface area contributed by atoms with Crippen molar-refractivity contribution in [1.29, 1.82) is 0 Å². The molecule has 1 aliphatic rings. The summed E-state index contributed by atoms with van der Waals surface area (Å²) < 4.78 is 12.5. The van der Waals surface area contributed by atoms with Crippen molar-refractivity contribution < 1.29 is 19.4 Å². The van der Waals surface area contributed by atoms with Crippen LogP contribution in [0, 0.1) is 0 Å². The number of methoxy groups -OCH3 is 1. The molecule has 0 saturated heterocycles. The molecule has 0 bridgehead atoms. The van der Waals surface area contributed by atoms with Crippen molar-refractivity contribution in [2.45, 2.75) is 19.4 Å². The third-order valence-electron chi connectivity index (χ3n) is 3.55. The second-order valence-electron chi connectivity index (χ2n) is 5.16. The van der Waals surface area contributed by atoms with Crippen LogP contribution in [0.25, 0.3) is 0 Å². The third kappa shape index (κ3) is 2.87. The maximum Gasteiger partial charge on any atom is 0.352 e. The van der Waals surface area contributed by atoms with E-state index in [1.807, 2.05) is 13.0 Å². The quantitative estimate of drug-likeness (QED) is 0.818. The Bertz CT molecular complexity index is 786. The number of fused-ring (bicyclic) bond motifs is 1. The van der Waals surface area contributed by atoms with E-state index in [0.29, 0.717) is 18.1 Å². The van der Waals surface area contributed by atoms with Crippen LogP contribution in [0.15, 0.2) is 30.0 Å². The number of carboxylic acid groups (broad SMARTS) is 1. The Morgan fingerprint density at radius 3 is 2.96 bits per heavy atom. The van der Waals surface area contributed by atoms with Crippen molar-refractivity contribution >= 4 is 11.9 Å². The number of nitrogens with one attached hydrogen (secondary N) is 1. The number of hydrogen-bond acceptors (Lipinski definition) is 7. The Morgan fingerprint density at radius 2 is 2.25 bits per heavy atom. The number of hydrogen-bond donors (Lipinski definition) is 2. The summed E-state index contributed by atoms with van der Waals surface area (Å²) in [7, 11) is 1.56. The molecule has 0 amide bonds. The number of tetrazole rings is 1. The first-order chi connectivity index (χ1) is 11.6. The zero-order valence-corrected chi connectivity index (χ0v) is 13.3. The fourth-order valence-corrected chi connectivity index (χ4v) is 2.42. The molecule has 0 fully saturated rings. The minimum absolute atomic E-state index is 0.0209. The van der Waals surface area contributed by atoms with Gasteiger partial charge in [-0.25, -0.2) is 4.79 Å². The maximum atomic E-state index is 11.3. The fourth-order valence-electron chi connectivity index (χ4n) is 2.42. The van der Waals surface area contributed by atoms with Gasteiger partial charge in [-0.15, -0.1) is 0 Å². The molecule has 2 heterocycles. The highest BCUT2D eigenvalue weighted by molar-refractivity contribution is 5.90. The monoisotopic (exact) mass is 331 g/mol. The minimum Gasteiger partial charge on any atom is -0.493 e. The van der Waals surface area contributed by atoms with Crippen LogP contribution >= 0.6 is 0 Å². The van der Waals surface area contributed by atoms with Gasteiger partial charge in [0, 0.05) is 0 Å². The largest absolute Gasteiger partial charge is 0.493 e. The smallest absolute Gasteiger partial charge is 0.352 e. The van der Waals surface area contributed by atoms with Crippen molar-refractivity contribution in [3.8, 4) is 11.5 Å². The summed E-state index contributed by atoms with van der Waals surface area (Å²) in [4.78, 5) is 11.3. The lowest BCUT2D eigenvalue weighted by Crippen LogP contribution is -2.24. The van der Waals surface area contributed by atoms with E-state index in [1.54, 1.807) is 25.3 Å². The average molecular weight is 331 g/mol. The van der Waals surface area contributed by atoms with Crippen LogP contribution in [0.4, 0.5) is 5.95 Å². The molecule has 1 atom stereocenters. The van der Waals surface area contributed by atoms with Gasteiger partial charge in [0.15, 0.2) is 11.5 Å². The van der Waals surface area contributed by atoms with Crippen molar-refractivity contribution in [2.75, 3.05) is 19.0 Å². The maximum absolute atomic E-state index is 11.3. The SMILES string of the molecule is CCCOc1ccc([C@@H]2C=C(C(=O)O)Nc3nnnn32)cc1OC. The number of aromatic nitrogens is 4. The molecule has 0 unspecified atom stereocenters. The van der Waals surface area contributed by atoms with Gasteiger partial charge in [0.2, 0.25) is 5.95 Å². The topological polar surface area (TPSA) is 111 Å². The number of carboxylic acids is 1. The van der Waals surface area contributed by atoms with Crippen LogP contribution in [-0.4, -0.2) is 45.0 Å². The molecule has 9 heteroatoms. The van der Waals surface area contributed by atoms with Gasteiger partial charge in [0.1, 0.15) is 11.7 Å². The highest BCUT2D eigenvalue weighted by Gasteiger charge is 2.27. The Morgan fingerprint density at radius 1 is 1.42 bits per heavy atom. The zero-order chi connectivity index (χ0) is 17.1. The van der Waals surface area contributed by atoms with E-state index in [-0.39, 0.29) is 11.6 Å². The van der Waals surface area contributed by atoms with Crippen LogP contribution in [-0.2, 0) is 4.79 Å². The molecule has 9 nitrogen and oxygen atoms in total. The minimum atomic E-state index is -1.08. The van der Waals surface area contributed by atoms with Gasteiger partial charge in [0.25, 0.3) is 0 Å². The number of aliphatic carboxylic acids is 1. The standard InChI is InChI=1S/C15H17N5O4/c1-3-6-24-12-5-4-9(7-13(12)23-2)11-8-10(14(21)22)16-15-17-18-19-20(11)15/h4-5,7-8,11H,3,6H2,1-2H3,(H,21,22)(H,16,17,19)/t11-/m0/s1. The first-order valence-corrected chi connectivity index (χ1v) is 7.44. The van der Waals surface area contributed by atoms with E-state index >= 15 is 0 Å². The van der Waals surface area contributed by atoms with E-state index < -0.39 is 12.0 Å². The van der Waals surface area contributed by atoms with E-state index in [0.717, 1.165) is 12.0 Å². The van der Waals surface area contributed by atoms with E-state index in [9.17, 15) is 9.90 Å². The molecule has 2 N–H and O–H groups in total. The Kier molecular flexibility index (Phi) is 4.32. The summed E-state index contributed by atoms with van der Waals surface area (Å²) in [5, 5.41) is 23.2. The molecular weight excluding hydrogens is 314 g/mol. The third-order valence-corrected chi connectivity index (χ3v) is 3.55. The normalized spacial score (nSPS) is 15.9. The summed E-state index contributed by atoms with van der Waals surface area (Å²) in [6.07, 6.45) is 2.44. The second-order valence-corrected chi connectivity index (χ2v) is 5.16. The molecular formula is C15H17N5O4. The first kappa shape index (κ1) is 15.8. The van der Waals surface area contributed by atoms with E-state index in [4.69, 9.17) is 9.47 Å². The number of carbonyl (C=O) groups is 1. The summed E-state index contributed by atoms with van der Waals surface area (Å²) in [5.74, 6) is 0.394. The van der Waals surface area contributed by atoms with E-state index in [2.05, 4.69) is 20.8 Å². The van der Waals surface area contributed by atoms with Crippen LogP contribution in [0.5, 0.6) is 11.5 Å². The van der Waals surface area contributed by atoms with Crippen molar-refractivity contribution in [3.63, 3.8) is 0 Å². The Labute approximate surface area is 137 Å². The predicted octanol–water partition coefficient (Wildman–Crippen LogP) is 1.45.